The van der Waals surface area contributed by atoms with Crippen LogP contribution in [0.25, 0.3) is 32.9 Å². The molecule has 0 radical (unpaired) electrons. The van der Waals surface area contributed by atoms with Crippen molar-refractivity contribution in [1.82, 2.24) is 9.13 Å². The smallest absolute Gasteiger partial charge is 0.266 e. The average molecular weight is 428 g/mol. The number of benzene rings is 3. The molecule has 32 heavy (non-hydrogen) atoms. The largest absolute Gasteiger partial charge is 0.506 e. The topological polar surface area (TPSA) is 119 Å². The molecule has 0 atom stereocenters. The second-order valence-electron chi connectivity index (χ2n) is 7.82. The molecular formula is C24H16N2O6. The maximum absolute atomic E-state index is 13.1. The first-order valence-corrected chi connectivity index (χ1v) is 9.74. The highest BCUT2D eigenvalue weighted by Crippen LogP contribution is 2.24. The van der Waals surface area contributed by atoms with E-state index in [0.717, 1.165) is 20.3 Å². The zero-order valence-corrected chi connectivity index (χ0v) is 17.0. The van der Waals surface area contributed by atoms with Gasteiger partial charge in [-0.3, -0.25) is 19.2 Å². The number of phenolic OH excluding ortho intramolecular Hbond substituents is 2. The summed E-state index contributed by atoms with van der Waals surface area (Å²) >= 11 is 0. The number of aromatic hydroxyl groups is 2. The van der Waals surface area contributed by atoms with Gasteiger partial charge in [0.1, 0.15) is 11.5 Å². The Kier molecular flexibility index (Phi) is 3.97. The molecule has 0 bridgehead atoms. The fourth-order valence-corrected chi connectivity index (χ4v) is 4.04. The van der Waals surface area contributed by atoms with Crippen LogP contribution in [0.3, 0.4) is 0 Å². The van der Waals surface area contributed by atoms with Gasteiger partial charge in [-0.05, 0) is 61.4 Å². The van der Waals surface area contributed by atoms with Crippen LogP contribution in [-0.2, 0) is 0 Å². The summed E-state index contributed by atoms with van der Waals surface area (Å²) < 4.78 is 1.67. The Labute approximate surface area is 179 Å². The van der Waals surface area contributed by atoms with Crippen molar-refractivity contribution in [2.75, 3.05) is 0 Å². The van der Waals surface area contributed by atoms with Crippen molar-refractivity contribution in [3.05, 3.63) is 101 Å². The van der Waals surface area contributed by atoms with Crippen molar-refractivity contribution < 1.29 is 10.2 Å². The van der Waals surface area contributed by atoms with Gasteiger partial charge in [0, 0.05) is 0 Å². The first-order valence-electron chi connectivity index (χ1n) is 9.74. The normalized spacial score (nSPS) is 11.6. The summed E-state index contributed by atoms with van der Waals surface area (Å²) in [5.41, 5.74) is -1.29. The third kappa shape index (κ3) is 2.56. The van der Waals surface area contributed by atoms with Gasteiger partial charge < -0.3 is 10.2 Å². The number of fused-ring (bicyclic) bond motifs is 2. The Hall–Kier alpha value is -4.46. The molecular weight excluding hydrogens is 412 g/mol. The van der Waals surface area contributed by atoms with Crippen LogP contribution in [0.15, 0.2) is 67.7 Å². The summed E-state index contributed by atoms with van der Waals surface area (Å²) in [4.78, 5) is 52.2. The summed E-state index contributed by atoms with van der Waals surface area (Å²) in [5, 5.41) is 20.2. The van der Waals surface area contributed by atoms with Crippen molar-refractivity contribution in [3.63, 3.8) is 0 Å². The Morgan fingerprint density at radius 1 is 0.531 bits per heavy atom. The van der Waals surface area contributed by atoms with Crippen LogP contribution in [0.4, 0.5) is 0 Å². The van der Waals surface area contributed by atoms with Gasteiger partial charge in [0.25, 0.3) is 22.2 Å². The van der Waals surface area contributed by atoms with E-state index in [1.165, 1.54) is 36.4 Å². The molecule has 8 heteroatoms. The van der Waals surface area contributed by atoms with E-state index in [9.17, 15) is 29.4 Å². The number of rotatable bonds is 2. The van der Waals surface area contributed by atoms with Gasteiger partial charge >= 0.3 is 0 Å². The maximum Gasteiger partial charge on any atom is 0.266 e. The zero-order chi connectivity index (χ0) is 22.9. The average Bonchev–Trinajstić information content (AvgIpc) is 3.15. The molecule has 2 aromatic heterocycles. The van der Waals surface area contributed by atoms with Crippen molar-refractivity contribution in [3.8, 4) is 22.9 Å². The van der Waals surface area contributed by atoms with Gasteiger partial charge in [-0.25, -0.2) is 9.13 Å². The zero-order valence-electron chi connectivity index (χ0n) is 17.0. The predicted molar refractivity (Wildman–Crippen MR) is 120 cm³/mol. The minimum atomic E-state index is -0.703. The Morgan fingerprint density at radius 3 is 1.16 bits per heavy atom. The van der Waals surface area contributed by atoms with Gasteiger partial charge in [0.15, 0.2) is 0 Å². The monoisotopic (exact) mass is 428 g/mol. The Balaban J connectivity index is 1.88. The summed E-state index contributed by atoms with van der Waals surface area (Å²) in [7, 11) is 0. The minimum absolute atomic E-state index is 0.0281. The molecule has 0 spiro atoms. The molecule has 0 aliphatic carbocycles. The molecule has 0 aliphatic rings. The molecule has 2 N–H and O–H groups in total. The SMILES string of the molecule is Cc1ccc(O)c(-n2c(=O)c3cc4c(=O)n(-c5cc(C)ccc5O)c(=O)c4cc3c2=O)c1. The molecule has 0 unspecified atom stereocenters. The molecule has 5 rings (SSSR count). The molecule has 0 saturated heterocycles. The number of phenols is 2. The third-order valence-corrected chi connectivity index (χ3v) is 5.64. The summed E-state index contributed by atoms with van der Waals surface area (Å²) in [6.45, 7) is 3.50. The summed E-state index contributed by atoms with van der Waals surface area (Å²) in [6, 6.07) is 11.5. The number of hydrogen-bond acceptors (Lipinski definition) is 6. The van der Waals surface area contributed by atoms with E-state index in [1.807, 2.05) is 0 Å². The van der Waals surface area contributed by atoms with Crippen LogP contribution in [0.2, 0.25) is 0 Å². The van der Waals surface area contributed by atoms with Crippen molar-refractivity contribution in [2.45, 2.75) is 13.8 Å². The van der Waals surface area contributed by atoms with Crippen LogP contribution in [0, 0.1) is 13.8 Å². The van der Waals surface area contributed by atoms with Crippen molar-refractivity contribution >= 4 is 21.5 Å². The van der Waals surface area contributed by atoms with E-state index in [2.05, 4.69) is 0 Å². The van der Waals surface area contributed by atoms with E-state index in [1.54, 1.807) is 26.0 Å². The highest BCUT2D eigenvalue weighted by atomic mass is 16.3. The van der Waals surface area contributed by atoms with E-state index in [0.29, 0.717) is 0 Å². The molecule has 158 valence electrons. The van der Waals surface area contributed by atoms with Gasteiger partial charge in [-0.15, -0.1) is 0 Å². The lowest BCUT2D eigenvalue weighted by atomic mass is 10.1. The van der Waals surface area contributed by atoms with Crippen molar-refractivity contribution in [2.24, 2.45) is 0 Å². The van der Waals surface area contributed by atoms with Crippen LogP contribution >= 0.6 is 0 Å². The van der Waals surface area contributed by atoms with E-state index >= 15 is 0 Å². The van der Waals surface area contributed by atoms with Crippen LogP contribution in [-0.4, -0.2) is 19.3 Å². The number of aryl methyl sites for hydroxylation is 2. The lowest BCUT2D eigenvalue weighted by Gasteiger charge is -2.05. The number of hydrogen-bond donors (Lipinski definition) is 2. The Morgan fingerprint density at radius 2 is 0.844 bits per heavy atom. The fourth-order valence-electron chi connectivity index (χ4n) is 4.04. The predicted octanol–water partition coefficient (Wildman–Crippen LogP) is 1.92. The fraction of sp³-hybridized carbons (Fsp3) is 0.0833. The van der Waals surface area contributed by atoms with E-state index in [4.69, 9.17) is 0 Å². The Bertz CT molecular complexity index is 1590. The van der Waals surface area contributed by atoms with Crippen molar-refractivity contribution in [1.29, 1.82) is 0 Å². The van der Waals surface area contributed by atoms with Gasteiger partial charge in [0.05, 0.1) is 32.9 Å². The van der Waals surface area contributed by atoms with Crippen LogP contribution in [0.5, 0.6) is 11.5 Å². The third-order valence-electron chi connectivity index (χ3n) is 5.64. The van der Waals surface area contributed by atoms with Gasteiger partial charge in [0.2, 0.25) is 0 Å². The van der Waals surface area contributed by atoms with E-state index < -0.39 is 22.2 Å². The van der Waals surface area contributed by atoms with Crippen LogP contribution < -0.4 is 22.2 Å². The van der Waals surface area contributed by atoms with Gasteiger partial charge in [-0.2, -0.15) is 0 Å². The molecule has 0 saturated carbocycles. The first kappa shape index (κ1) is 19.5. The summed E-state index contributed by atoms with van der Waals surface area (Å²) in [6.07, 6.45) is 0. The molecule has 0 aliphatic heterocycles. The first-order chi connectivity index (χ1) is 15.2. The standard InChI is InChI=1S/C24H16N2O6/c1-11-3-5-19(27)17(7-11)25-21(29)13-9-15-16(10-14(13)22(25)30)24(32)26(23(15)31)18-8-12(2)4-6-20(18)28/h3-10,27-28H,1-2H3. The minimum Gasteiger partial charge on any atom is -0.506 e. The number of nitrogens with zero attached hydrogens (tertiary/aromatic N) is 2. The van der Waals surface area contributed by atoms with Crippen LogP contribution in [0.1, 0.15) is 11.1 Å². The second kappa shape index (κ2) is 6.52. The highest BCUT2D eigenvalue weighted by Gasteiger charge is 2.22. The molecule has 2 heterocycles. The molecule has 5 aromatic rings. The molecule has 8 nitrogen and oxygen atoms in total. The summed E-state index contributed by atoms with van der Waals surface area (Å²) in [5.74, 6) is -0.489. The number of aromatic nitrogens is 2. The maximum atomic E-state index is 13.1. The highest BCUT2D eigenvalue weighted by molar-refractivity contribution is 5.98. The van der Waals surface area contributed by atoms with Gasteiger partial charge in [-0.1, -0.05) is 12.1 Å². The second-order valence-corrected chi connectivity index (χ2v) is 7.82. The molecule has 0 amide bonds. The quantitative estimate of drug-likeness (QED) is 0.444. The van der Waals surface area contributed by atoms with E-state index in [-0.39, 0.29) is 44.4 Å². The molecule has 3 aromatic carbocycles. The lowest BCUT2D eigenvalue weighted by molar-refractivity contribution is 0.471. The molecule has 0 fully saturated rings. The lowest BCUT2D eigenvalue weighted by Crippen LogP contribution is -2.24.